The number of hydrogen-bond acceptors (Lipinski definition) is 2. The van der Waals surface area contributed by atoms with Crippen LogP contribution in [0.3, 0.4) is 0 Å². The van der Waals surface area contributed by atoms with E-state index in [0.717, 1.165) is 12.3 Å². The van der Waals surface area contributed by atoms with E-state index in [4.69, 9.17) is 0 Å². The van der Waals surface area contributed by atoms with Gasteiger partial charge >= 0.3 is 6.18 Å². The van der Waals surface area contributed by atoms with Crippen molar-refractivity contribution in [1.82, 2.24) is 4.98 Å². The SMILES string of the molecule is Cc1c(C(F)(F)F)ccc(F)c1C(=O)Nc1cncc2ccccc12. The molecule has 0 aliphatic carbocycles. The lowest BCUT2D eigenvalue weighted by molar-refractivity contribution is -0.138. The molecule has 128 valence electrons. The van der Waals surface area contributed by atoms with Crippen LogP contribution in [0.5, 0.6) is 0 Å². The first-order chi connectivity index (χ1) is 11.8. The standard InChI is InChI=1S/C18H12F4N2O/c1-10-13(18(20,21)22)6-7-14(19)16(10)17(25)24-15-9-23-8-11-4-2-3-5-12(11)15/h2-9H,1H3,(H,24,25). The first-order valence-electron chi connectivity index (χ1n) is 7.29. The summed E-state index contributed by atoms with van der Waals surface area (Å²) >= 11 is 0. The molecule has 0 radical (unpaired) electrons. The van der Waals surface area contributed by atoms with Crippen molar-refractivity contribution >= 4 is 22.4 Å². The van der Waals surface area contributed by atoms with Gasteiger partial charge in [0.2, 0.25) is 0 Å². The molecule has 0 aliphatic rings. The van der Waals surface area contributed by atoms with E-state index in [1.165, 1.54) is 6.20 Å². The fraction of sp³-hybridized carbons (Fsp3) is 0.111. The number of nitrogens with zero attached hydrogens (tertiary/aromatic N) is 1. The van der Waals surface area contributed by atoms with Crippen LogP contribution in [0.4, 0.5) is 23.2 Å². The van der Waals surface area contributed by atoms with Gasteiger partial charge in [-0.2, -0.15) is 13.2 Å². The number of alkyl halides is 3. The maximum Gasteiger partial charge on any atom is 0.416 e. The third kappa shape index (κ3) is 3.17. The maximum absolute atomic E-state index is 14.0. The summed E-state index contributed by atoms with van der Waals surface area (Å²) in [7, 11) is 0. The topological polar surface area (TPSA) is 42.0 Å². The number of benzene rings is 2. The number of hydrogen-bond donors (Lipinski definition) is 1. The zero-order valence-corrected chi connectivity index (χ0v) is 13.0. The second kappa shape index (κ2) is 6.16. The second-order valence-corrected chi connectivity index (χ2v) is 5.46. The third-order valence-corrected chi connectivity index (χ3v) is 3.86. The Morgan fingerprint density at radius 2 is 1.80 bits per heavy atom. The molecule has 1 N–H and O–H groups in total. The van der Waals surface area contributed by atoms with Gasteiger partial charge in [-0.3, -0.25) is 9.78 Å². The molecular weight excluding hydrogens is 336 g/mol. The van der Waals surface area contributed by atoms with E-state index in [1.807, 2.05) is 0 Å². The predicted molar refractivity (Wildman–Crippen MR) is 85.8 cm³/mol. The van der Waals surface area contributed by atoms with Gasteiger partial charge in [-0.15, -0.1) is 0 Å². The van der Waals surface area contributed by atoms with E-state index in [0.29, 0.717) is 23.2 Å². The molecule has 0 unspecified atom stereocenters. The second-order valence-electron chi connectivity index (χ2n) is 5.46. The Kier molecular flexibility index (Phi) is 4.16. The summed E-state index contributed by atoms with van der Waals surface area (Å²) in [6.07, 6.45) is -1.73. The van der Waals surface area contributed by atoms with E-state index >= 15 is 0 Å². The van der Waals surface area contributed by atoms with Gasteiger partial charge in [-0.25, -0.2) is 4.39 Å². The highest BCUT2D eigenvalue weighted by atomic mass is 19.4. The van der Waals surface area contributed by atoms with Crippen LogP contribution in [0.1, 0.15) is 21.5 Å². The van der Waals surface area contributed by atoms with Crippen molar-refractivity contribution in [3.63, 3.8) is 0 Å². The molecule has 1 aromatic heterocycles. The lowest BCUT2D eigenvalue weighted by Gasteiger charge is -2.15. The van der Waals surface area contributed by atoms with Gasteiger partial charge in [-0.1, -0.05) is 24.3 Å². The summed E-state index contributed by atoms with van der Waals surface area (Å²) in [4.78, 5) is 16.4. The van der Waals surface area contributed by atoms with Gasteiger partial charge in [0, 0.05) is 17.0 Å². The highest BCUT2D eigenvalue weighted by Crippen LogP contribution is 2.34. The van der Waals surface area contributed by atoms with Crippen LogP contribution in [0.2, 0.25) is 0 Å². The summed E-state index contributed by atoms with van der Waals surface area (Å²) in [6, 6.07) is 8.30. The van der Waals surface area contributed by atoms with Gasteiger partial charge in [0.25, 0.3) is 5.91 Å². The Balaban J connectivity index is 2.04. The minimum absolute atomic E-state index is 0.291. The fourth-order valence-electron chi connectivity index (χ4n) is 2.67. The highest BCUT2D eigenvalue weighted by Gasteiger charge is 2.34. The average molecular weight is 348 g/mol. The lowest BCUT2D eigenvalue weighted by atomic mass is 10.0. The number of rotatable bonds is 2. The van der Waals surface area contributed by atoms with Gasteiger partial charge < -0.3 is 5.32 Å². The number of amides is 1. The lowest BCUT2D eigenvalue weighted by Crippen LogP contribution is -2.19. The van der Waals surface area contributed by atoms with Crippen molar-refractivity contribution in [3.8, 4) is 0 Å². The van der Waals surface area contributed by atoms with E-state index in [1.54, 1.807) is 30.5 Å². The molecule has 1 heterocycles. The van der Waals surface area contributed by atoms with Crippen molar-refractivity contribution in [2.75, 3.05) is 5.32 Å². The molecule has 0 saturated heterocycles. The molecule has 3 aromatic rings. The minimum Gasteiger partial charge on any atom is -0.320 e. The van der Waals surface area contributed by atoms with Crippen LogP contribution >= 0.6 is 0 Å². The fourth-order valence-corrected chi connectivity index (χ4v) is 2.67. The largest absolute Gasteiger partial charge is 0.416 e. The highest BCUT2D eigenvalue weighted by molar-refractivity contribution is 6.09. The Morgan fingerprint density at radius 1 is 1.08 bits per heavy atom. The number of halogens is 4. The monoisotopic (exact) mass is 348 g/mol. The van der Waals surface area contributed by atoms with Crippen molar-refractivity contribution in [2.24, 2.45) is 0 Å². The van der Waals surface area contributed by atoms with Crippen LogP contribution in [0.25, 0.3) is 10.8 Å². The number of aromatic nitrogens is 1. The number of fused-ring (bicyclic) bond motifs is 1. The van der Waals surface area contributed by atoms with Crippen LogP contribution in [0.15, 0.2) is 48.8 Å². The normalized spacial score (nSPS) is 11.6. The van der Waals surface area contributed by atoms with Gasteiger partial charge in [0.15, 0.2) is 0 Å². The molecule has 3 rings (SSSR count). The number of nitrogens with one attached hydrogen (secondary N) is 1. The molecular formula is C18H12F4N2O. The van der Waals surface area contributed by atoms with E-state index in [-0.39, 0.29) is 0 Å². The molecule has 1 amide bonds. The first kappa shape index (κ1) is 16.9. The van der Waals surface area contributed by atoms with Gasteiger partial charge in [-0.05, 0) is 24.6 Å². The number of pyridine rings is 1. The van der Waals surface area contributed by atoms with Crippen LogP contribution in [-0.2, 0) is 6.18 Å². The molecule has 0 spiro atoms. The molecule has 3 nitrogen and oxygen atoms in total. The molecule has 0 bridgehead atoms. The molecule has 0 atom stereocenters. The summed E-state index contributed by atoms with van der Waals surface area (Å²) in [6.45, 7) is 1.07. The van der Waals surface area contributed by atoms with Gasteiger partial charge in [0.05, 0.1) is 23.0 Å². The molecule has 2 aromatic carbocycles. The summed E-state index contributed by atoms with van der Waals surface area (Å²) in [5.41, 5.74) is -1.85. The quantitative estimate of drug-likeness (QED) is 0.666. The van der Waals surface area contributed by atoms with E-state index in [2.05, 4.69) is 10.3 Å². The zero-order chi connectivity index (χ0) is 18.2. The predicted octanol–water partition coefficient (Wildman–Crippen LogP) is 4.95. The Bertz CT molecular complexity index is 962. The summed E-state index contributed by atoms with van der Waals surface area (Å²) < 4.78 is 53.0. The van der Waals surface area contributed by atoms with E-state index < -0.39 is 34.6 Å². The summed E-state index contributed by atoms with van der Waals surface area (Å²) in [5.74, 6) is -1.98. The smallest absolute Gasteiger partial charge is 0.320 e. The average Bonchev–Trinajstić information content (AvgIpc) is 2.54. The third-order valence-electron chi connectivity index (χ3n) is 3.86. The van der Waals surface area contributed by atoms with Crippen LogP contribution < -0.4 is 5.32 Å². The van der Waals surface area contributed by atoms with Crippen molar-refractivity contribution < 1.29 is 22.4 Å². The van der Waals surface area contributed by atoms with Crippen molar-refractivity contribution in [2.45, 2.75) is 13.1 Å². The van der Waals surface area contributed by atoms with Crippen molar-refractivity contribution in [3.05, 3.63) is 71.3 Å². The first-order valence-corrected chi connectivity index (χ1v) is 7.29. The molecule has 0 aliphatic heterocycles. The number of anilines is 1. The molecule has 0 fully saturated rings. The van der Waals surface area contributed by atoms with Gasteiger partial charge in [0.1, 0.15) is 5.82 Å². The molecule has 25 heavy (non-hydrogen) atoms. The molecule has 0 saturated carbocycles. The Hall–Kier alpha value is -2.96. The Morgan fingerprint density at radius 3 is 2.52 bits per heavy atom. The maximum atomic E-state index is 14.0. The zero-order valence-electron chi connectivity index (χ0n) is 13.0. The minimum atomic E-state index is -4.67. The Labute approximate surface area is 140 Å². The van der Waals surface area contributed by atoms with Crippen LogP contribution in [0, 0.1) is 12.7 Å². The van der Waals surface area contributed by atoms with Crippen molar-refractivity contribution in [1.29, 1.82) is 0 Å². The summed E-state index contributed by atoms with van der Waals surface area (Å²) in [5, 5.41) is 3.84. The number of carbonyl (C=O) groups is 1. The molecule has 7 heteroatoms. The van der Waals surface area contributed by atoms with E-state index in [9.17, 15) is 22.4 Å². The number of carbonyl (C=O) groups excluding carboxylic acids is 1. The van der Waals surface area contributed by atoms with Crippen LogP contribution in [-0.4, -0.2) is 10.9 Å².